The SMILES string of the molecule is CC(CNc1nccc2sccc12)N1CCCCC1. The number of piperidine rings is 1. The van der Waals surface area contributed by atoms with Gasteiger partial charge in [0.25, 0.3) is 0 Å². The van der Waals surface area contributed by atoms with Crippen molar-refractivity contribution >= 4 is 27.2 Å². The van der Waals surface area contributed by atoms with Crippen LogP contribution in [-0.4, -0.2) is 35.6 Å². The van der Waals surface area contributed by atoms with Gasteiger partial charge in [-0.3, -0.25) is 4.90 Å². The molecule has 2 aromatic rings. The molecule has 0 radical (unpaired) electrons. The molecule has 0 spiro atoms. The van der Waals surface area contributed by atoms with Crippen molar-refractivity contribution in [2.75, 3.05) is 25.0 Å². The summed E-state index contributed by atoms with van der Waals surface area (Å²) in [7, 11) is 0. The lowest BCUT2D eigenvalue weighted by Gasteiger charge is -2.32. The van der Waals surface area contributed by atoms with Gasteiger partial charge < -0.3 is 5.32 Å². The molecule has 102 valence electrons. The highest BCUT2D eigenvalue weighted by molar-refractivity contribution is 7.17. The maximum Gasteiger partial charge on any atom is 0.134 e. The minimum absolute atomic E-state index is 0.580. The number of anilines is 1. The highest BCUT2D eigenvalue weighted by Gasteiger charge is 2.16. The molecule has 1 atom stereocenters. The van der Waals surface area contributed by atoms with Gasteiger partial charge in [-0.15, -0.1) is 11.3 Å². The number of likely N-dealkylation sites (tertiary alicyclic amines) is 1. The fourth-order valence-electron chi connectivity index (χ4n) is 2.77. The summed E-state index contributed by atoms with van der Waals surface area (Å²) in [4.78, 5) is 7.06. The average molecular weight is 275 g/mol. The van der Waals surface area contributed by atoms with Crippen LogP contribution in [0.3, 0.4) is 0 Å². The van der Waals surface area contributed by atoms with Crippen molar-refractivity contribution in [1.29, 1.82) is 0 Å². The standard InChI is InChI=1S/C15H21N3S/c1-12(18-8-3-2-4-9-18)11-17-15-13-6-10-19-14(13)5-7-16-15/h5-7,10,12H,2-4,8-9,11H2,1H3,(H,16,17). The van der Waals surface area contributed by atoms with Crippen molar-refractivity contribution in [3.63, 3.8) is 0 Å². The Morgan fingerprint density at radius 1 is 1.32 bits per heavy atom. The Hall–Kier alpha value is -1.13. The largest absolute Gasteiger partial charge is 0.368 e. The molecule has 3 nitrogen and oxygen atoms in total. The lowest BCUT2D eigenvalue weighted by Crippen LogP contribution is -2.41. The van der Waals surface area contributed by atoms with Gasteiger partial charge in [0.15, 0.2) is 0 Å². The zero-order valence-electron chi connectivity index (χ0n) is 11.4. The summed E-state index contributed by atoms with van der Waals surface area (Å²) in [5.41, 5.74) is 0. The number of nitrogens with one attached hydrogen (secondary N) is 1. The molecule has 19 heavy (non-hydrogen) atoms. The summed E-state index contributed by atoms with van der Waals surface area (Å²) < 4.78 is 1.31. The predicted molar refractivity (Wildman–Crippen MR) is 83.0 cm³/mol. The molecule has 2 aromatic heterocycles. The molecule has 1 unspecified atom stereocenters. The smallest absolute Gasteiger partial charge is 0.134 e. The van der Waals surface area contributed by atoms with E-state index in [2.05, 4.69) is 39.6 Å². The number of pyridine rings is 1. The Labute approximate surface area is 118 Å². The normalized spacial score (nSPS) is 18.6. The van der Waals surface area contributed by atoms with Crippen LogP contribution in [-0.2, 0) is 0 Å². The Kier molecular flexibility index (Phi) is 3.99. The van der Waals surface area contributed by atoms with Crippen LogP contribution in [0.4, 0.5) is 5.82 Å². The second-order valence-electron chi connectivity index (χ2n) is 5.32. The topological polar surface area (TPSA) is 28.2 Å². The number of thiophene rings is 1. The number of nitrogens with zero attached hydrogens (tertiary/aromatic N) is 2. The van der Waals surface area contributed by atoms with Gasteiger partial charge in [0.05, 0.1) is 0 Å². The maximum atomic E-state index is 4.47. The van der Waals surface area contributed by atoms with Crippen molar-refractivity contribution in [1.82, 2.24) is 9.88 Å². The zero-order valence-corrected chi connectivity index (χ0v) is 12.2. The summed E-state index contributed by atoms with van der Waals surface area (Å²) in [5.74, 6) is 1.03. The first kappa shape index (κ1) is 12.9. The number of hydrogen-bond acceptors (Lipinski definition) is 4. The first-order chi connectivity index (χ1) is 9.34. The Balaban J connectivity index is 1.63. The Bertz CT molecular complexity index is 531. The quantitative estimate of drug-likeness (QED) is 0.924. The third kappa shape index (κ3) is 2.90. The van der Waals surface area contributed by atoms with E-state index in [-0.39, 0.29) is 0 Å². The maximum absolute atomic E-state index is 4.47. The Morgan fingerprint density at radius 2 is 2.16 bits per heavy atom. The Morgan fingerprint density at radius 3 is 3.00 bits per heavy atom. The molecule has 3 heterocycles. The third-order valence-corrected chi connectivity index (χ3v) is 4.84. The number of fused-ring (bicyclic) bond motifs is 1. The van der Waals surface area contributed by atoms with E-state index in [1.165, 1.54) is 42.4 Å². The average Bonchev–Trinajstić information content (AvgIpc) is 2.94. The van der Waals surface area contributed by atoms with Gasteiger partial charge in [-0.2, -0.15) is 0 Å². The van der Waals surface area contributed by atoms with E-state index in [1.54, 1.807) is 11.3 Å². The van der Waals surface area contributed by atoms with Crippen LogP contribution in [0.1, 0.15) is 26.2 Å². The molecule has 1 fully saturated rings. The van der Waals surface area contributed by atoms with Gasteiger partial charge in [-0.1, -0.05) is 6.42 Å². The second-order valence-corrected chi connectivity index (χ2v) is 6.27. The van der Waals surface area contributed by atoms with Crippen LogP contribution in [0.15, 0.2) is 23.7 Å². The lowest BCUT2D eigenvalue weighted by molar-refractivity contribution is 0.180. The monoisotopic (exact) mass is 275 g/mol. The van der Waals surface area contributed by atoms with Gasteiger partial charge in [0.1, 0.15) is 5.82 Å². The first-order valence-corrected chi connectivity index (χ1v) is 8.03. The van der Waals surface area contributed by atoms with Crippen LogP contribution >= 0.6 is 11.3 Å². The van der Waals surface area contributed by atoms with E-state index in [0.717, 1.165) is 12.4 Å². The molecular weight excluding hydrogens is 254 g/mol. The second kappa shape index (κ2) is 5.88. The molecule has 0 bridgehead atoms. The third-order valence-electron chi connectivity index (χ3n) is 3.96. The number of rotatable bonds is 4. The molecule has 1 aliphatic rings. The highest BCUT2D eigenvalue weighted by Crippen LogP contribution is 2.25. The van der Waals surface area contributed by atoms with Crippen LogP contribution in [0.25, 0.3) is 10.1 Å². The number of aromatic nitrogens is 1. The van der Waals surface area contributed by atoms with Crippen molar-refractivity contribution in [2.45, 2.75) is 32.2 Å². The van der Waals surface area contributed by atoms with E-state index >= 15 is 0 Å². The highest BCUT2D eigenvalue weighted by atomic mass is 32.1. The molecule has 1 N–H and O–H groups in total. The van der Waals surface area contributed by atoms with Crippen molar-refractivity contribution in [2.24, 2.45) is 0 Å². The molecule has 0 aromatic carbocycles. The molecule has 4 heteroatoms. The molecule has 3 rings (SSSR count). The number of hydrogen-bond donors (Lipinski definition) is 1. The fraction of sp³-hybridized carbons (Fsp3) is 0.533. The van der Waals surface area contributed by atoms with Crippen molar-refractivity contribution in [3.8, 4) is 0 Å². The molecule has 1 aliphatic heterocycles. The van der Waals surface area contributed by atoms with Gasteiger partial charge in [0.2, 0.25) is 0 Å². The molecular formula is C15H21N3S. The molecule has 0 aliphatic carbocycles. The summed E-state index contributed by atoms with van der Waals surface area (Å²) in [6.45, 7) is 5.78. The van der Waals surface area contributed by atoms with Crippen molar-refractivity contribution in [3.05, 3.63) is 23.7 Å². The van der Waals surface area contributed by atoms with E-state index in [0.29, 0.717) is 6.04 Å². The summed E-state index contributed by atoms with van der Waals surface area (Å²) in [6, 6.07) is 4.82. The van der Waals surface area contributed by atoms with E-state index in [1.807, 2.05) is 6.20 Å². The minimum atomic E-state index is 0.580. The van der Waals surface area contributed by atoms with Crippen LogP contribution < -0.4 is 5.32 Å². The molecule has 0 amide bonds. The van der Waals surface area contributed by atoms with E-state index < -0.39 is 0 Å². The summed E-state index contributed by atoms with van der Waals surface area (Å²) >= 11 is 1.77. The fourth-order valence-corrected chi connectivity index (χ4v) is 3.55. The van der Waals surface area contributed by atoms with Gasteiger partial charge >= 0.3 is 0 Å². The van der Waals surface area contributed by atoms with Crippen LogP contribution in [0, 0.1) is 0 Å². The first-order valence-electron chi connectivity index (χ1n) is 7.15. The van der Waals surface area contributed by atoms with Gasteiger partial charge in [0, 0.05) is 28.9 Å². The minimum Gasteiger partial charge on any atom is -0.368 e. The van der Waals surface area contributed by atoms with E-state index in [9.17, 15) is 0 Å². The summed E-state index contributed by atoms with van der Waals surface area (Å²) in [5, 5.41) is 6.90. The molecule has 1 saturated heterocycles. The predicted octanol–water partition coefficient (Wildman–Crippen LogP) is 3.58. The lowest BCUT2D eigenvalue weighted by atomic mass is 10.1. The molecule has 0 saturated carbocycles. The van der Waals surface area contributed by atoms with Crippen LogP contribution in [0.2, 0.25) is 0 Å². The van der Waals surface area contributed by atoms with Gasteiger partial charge in [-0.05, 0) is 50.4 Å². The van der Waals surface area contributed by atoms with Crippen molar-refractivity contribution < 1.29 is 0 Å². The van der Waals surface area contributed by atoms with E-state index in [4.69, 9.17) is 0 Å². The zero-order chi connectivity index (χ0) is 13.1. The van der Waals surface area contributed by atoms with Crippen LogP contribution in [0.5, 0.6) is 0 Å². The van der Waals surface area contributed by atoms with Gasteiger partial charge in [-0.25, -0.2) is 4.98 Å². The summed E-state index contributed by atoms with van der Waals surface area (Å²) in [6.07, 6.45) is 5.99.